The van der Waals surface area contributed by atoms with E-state index in [0.29, 0.717) is 11.0 Å². The van der Waals surface area contributed by atoms with Gasteiger partial charge in [0.15, 0.2) is 5.82 Å². The van der Waals surface area contributed by atoms with Crippen LogP contribution in [-0.2, 0) is 6.42 Å². The lowest BCUT2D eigenvalue weighted by molar-refractivity contribution is 0.357. The number of benzene rings is 3. The van der Waals surface area contributed by atoms with Crippen molar-refractivity contribution in [3.63, 3.8) is 0 Å². The van der Waals surface area contributed by atoms with Gasteiger partial charge in [-0.3, -0.25) is 0 Å². The lowest BCUT2D eigenvalue weighted by atomic mass is 10.0. The van der Waals surface area contributed by atoms with E-state index in [-0.39, 0.29) is 12.4 Å². The molecule has 4 aromatic rings. The summed E-state index contributed by atoms with van der Waals surface area (Å²) in [4.78, 5) is 6.95. The fourth-order valence-corrected chi connectivity index (χ4v) is 4.05. The van der Waals surface area contributed by atoms with E-state index in [1.165, 1.54) is 33.4 Å². The number of rotatable bonds is 7. The number of aryl methyl sites for hydroxylation is 2. The van der Waals surface area contributed by atoms with Gasteiger partial charge in [-0.05, 0) is 73.5 Å². The van der Waals surface area contributed by atoms with E-state index >= 15 is 0 Å². The second kappa shape index (κ2) is 10.2. The van der Waals surface area contributed by atoms with Crippen molar-refractivity contribution in [1.82, 2.24) is 14.3 Å². The molecule has 162 valence electrons. The summed E-state index contributed by atoms with van der Waals surface area (Å²) in [6.45, 7) is 8.54. The van der Waals surface area contributed by atoms with Crippen molar-refractivity contribution in [3.8, 4) is 22.3 Å². The predicted molar refractivity (Wildman–Crippen MR) is 133 cm³/mol. The van der Waals surface area contributed by atoms with Gasteiger partial charge in [-0.1, -0.05) is 49.4 Å². The highest BCUT2D eigenvalue weighted by Gasteiger charge is 2.12. The number of likely N-dealkylation sites (N-methyl/N-ethyl adjacent to an activating group) is 1. The Labute approximate surface area is 194 Å². The Morgan fingerprint density at radius 1 is 0.968 bits per heavy atom. The molecule has 1 heterocycles. The van der Waals surface area contributed by atoms with Gasteiger partial charge in [-0.15, -0.1) is 12.4 Å². The number of aromatic nitrogens is 2. The van der Waals surface area contributed by atoms with Gasteiger partial charge in [0.05, 0.1) is 0 Å². The molecule has 6 heteroatoms. The van der Waals surface area contributed by atoms with Gasteiger partial charge < -0.3 is 9.64 Å². The first kappa shape index (κ1) is 23.2. The second-order valence-corrected chi connectivity index (χ2v) is 8.45. The predicted octanol–water partition coefficient (Wildman–Crippen LogP) is 6.68. The molecule has 0 aliphatic carbocycles. The van der Waals surface area contributed by atoms with Crippen LogP contribution in [0.15, 0.2) is 54.6 Å². The highest BCUT2D eigenvalue weighted by molar-refractivity contribution is 7.07. The van der Waals surface area contributed by atoms with Crippen molar-refractivity contribution in [2.75, 3.05) is 20.1 Å². The highest BCUT2D eigenvalue weighted by atomic mass is 35.5. The summed E-state index contributed by atoms with van der Waals surface area (Å²) in [5.41, 5.74) is 4.74. The van der Waals surface area contributed by atoms with E-state index in [2.05, 4.69) is 84.5 Å². The van der Waals surface area contributed by atoms with Gasteiger partial charge in [0, 0.05) is 23.6 Å². The van der Waals surface area contributed by atoms with Gasteiger partial charge in [-0.2, -0.15) is 9.36 Å². The first-order chi connectivity index (χ1) is 14.5. The van der Waals surface area contributed by atoms with E-state index in [0.717, 1.165) is 36.4 Å². The minimum atomic E-state index is 0. The van der Waals surface area contributed by atoms with Crippen LogP contribution in [-0.4, -0.2) is 34.4 Å². The Kier molecular flexibility index (Phi) is 7.65. The third kappa shape index (κ3) is 5.42. The molecule has 0 aliphatic rings. The summed E-state index contributed by atoms with van der Waals surface area (Å²) in [6.07, 6.45) is 1.04. The normalized spacial score (nSPS) is 11.0. The summed E-state index contributed by atoms with van der Waals surface area (Å²) < 4.78 is 10.6. The summed E-state index contributed by atoms with van der Waals surface area (Å²) in [7, 11) is 2.16. The smallest absolute Gasteiger partial charge is 0.299 e. The van der Waals surface area contributed by atoms with Gasteiger partial charge in [-0.25, -0.2) is 0 Å². The quantitative estimate of drug-likeness (QED) is 0.312. The lowest BCUT2D eigenvalue weighted by Gasteiger charge is -2.16. The Morgan fingerprint density at radius 3 is 2.52 bits per heavy atom. The van der Waals surface area contributed by atoms with E-state index < -0.39 is 0 Å². The molecule has 0 radical (unpaired) electrons. The maximum Gasteiger partial charge on any atom is 0.299 e. The molecule has 0 spiro atoms. The molecule has 0 atom stereocenters. The molecule has 31 heavy (non-hydrogen) atoms. The number of ether oxygens (including phenoxy) is 1. The summed E-state index contributed by atoms with van der Waals surface area (Å²) in [6, 6.07) is 19.0. The Balaban J connectivity index is 0.00000272. The van der Waals surface area contributed by atoms with E-state index in [9.17, 15) is 0 Å². The van der Waals surface area contributed by atoms with Crippen molar-refractivity contribution < 1.29 is 4.74 Å². The van der Waals surface area contributed by atoms with Gasteiger partial charge in [0.1, 0.15) is 5.75 Å². The third-order valence-corrected chi connectivity index (χ3v) is 6.14. The molecule has 0 saturated carbocycles. The SMILES string of the molecule is CCN(C)CCc1cc(C)c(Oc2nc(-c3ccc4ccccc4c3)ns2)cc1C.Cl. The Bertz CT molecular complexity index is 1170. The maximum absolute atomic E-state index is 6.12. The lowest BCUT2D eigenvalue weighted by Crippen LogP contribution is -2.20. The van der Waals surface area contributed by atoms with Crippen molar-refractivity contribution in [3.05, 3.63) is 71.3 Å². The molecule has 0 amide bonds. The number of hydrogen-bond donors (Lipinski definition) is 0. The minimum Gasteiger partial charge on any atom is -0.430 e. The summed E-state index contributed by atoms with van der Waals surface area (Å²) >= 11 is 1.29. The van der Waals surface area contributed by atoms with Crippen LogP contribution in [0.3, 0.4) is 0 Å². The van der Waals surface area contributed by atoms with Crippen LogP contribution in [0.1, 0.15) is 23.6 Å². The first-order valence-corrected chi connectivity index (χ1v) is 11.1. The van der Waals surface area contributed by atoms with Crippen LogP contribution >= 0.6 is 23.9 Å². The molecule has 3 aromatic carbocycles. The van der Waals surface area contributed by atoms with E-state index in [1.807, 2.05) is 12.1 Å². The zero-order valence-corrected chi connectivity index (χ0v) is 20.0. The summed E-state index contributed by atoms with van der Waals surface area (Å²) in [5.74, 6) is 1.55. The molecule has 4 nitrogen and oxygen atoms in total. The van der Waals surface area contributed by atoms with Crippen molar-refractivity contribution in [2.45, 2.75) is 27.2 Å². The molecule has 4 rings (SSSR count). The van der Waals surface area contributed by atoms with Crippen molar-refractivity contribution >= 4 is 34.7 Å². The van der Waals surface area contributed by atoms with Gasteiger partial charge in [0.2, 0.25) is 0 Å². The zero-order chi connectivity index (χ0) is 21.1. The maximum atomic E-state index is 6.12. The standard InChI is InChI=1S/C25H27N3OS.ClH/c1-5-28(4)13-12-20-14-18(3)23(15-17(20)2)29-25-26-24(27-30-25)22-11-10-19-8-6-7-9-21(19)16-22;/h6-11,14-16H,5,12-13H2,1-4H3;1H. The molecule has 0 saturated heterocycles. The van der Waals surface area contributed by atoms with Crippen LogP contribution in [0.4, 0.5) is 0 Å². The number of hydrogen-bond acceptors (Lipinski definition) is 5. The van der Waals surface area contributed by atoms with Crippen LogP contribution in [0, 0.1) is 13.8 Å². The van der Waals surface area contributed by atoms with Crippen molar-refractivity contribution in [2.24, 2.45) is 0 Å². The summed E-state index contributed by atoms with van der Waals surface area (Å²) in [5, 5.41) is 2.96. The van der Waals surface area contributed by atoms with E-state index in [4.69, 9.17) is 4.74 Å². The highest BCUT2D eigenvalue weighted by Crippen LogP contribution is 2.32. The van der Waals surface area contributed by atoms with Crippen LogP contribution < -0.4 is 4.74 Å². The molecule has 0 N–H and O–H groups in total. The molecule has 1 aromatic heterocycles. The van der Waals surface area contributed by atoms with Gasteiger partial charge >= 0.3 is 0 Å². The number of halogens is 1. The number of nitrogens with zero attached hydrogens (tertiary/aromatic N) is 3. The average molecular weight is 454 g/mol. The van der Waals surface area contributed by atoms with Crippen LogP contribution in [0.2, 0.25) is 0 Å². The monoisotopic (exact) mass is 453 g/mol. The average Bonchev–Trinajstić information content (AvgIpc) is 3.23. The minimum absolute atomic E-state index is 0. The molecule has 0 fully saturated rings. The van der Waals surface area contributed by atoms with Crippen LogP contribution in [0.5, 0.6) is 10.9 Å². The Hall–Kier alpha value is -2.47. The fraction of sp³-hybridized carbons (Fsp3) is 0.280. The largest absolute Gasteiger partial charge is 0.430 e. The molecular weight excluding hydrogens is 426 g/mol. The molecule has 0 aliphatic heterocycles. The zero-order valence-electron chi connectivity index (χ0n) is 18.4. The van der Waals surface area contributed by atoms with Crippen LogP contribution in [0.25, 0.3) is 22.2 Å². The van der Waals surface area contributed by atoms with E-state index in [1.54, 1.807) is 0 Å². The Morgan fingerprint density at radius 2 is 1.74 bits per heavy atom. The van der Waals surface area contributed by atoms with Crippen molar-refractivity contribution in [1.29, 1.82) is 0 Å². The third-order valence-electron chi connectivity index (χ3n) is 5.55. The topological polar surface area (TPSA) is 38.2 Å². The molecular formula is C25H28ClN3OS. The molecule has 0 unspecified atom stereocenters. The molecule has 0 bridgehead atoms. The van der Waals surface area contributed by atoms with Gasteiger partial charge in [0.25, 0.3) is 5.19 Å². The number of fused-ring (bicyclic) bond motifs is 1. The first-order valence-electron chi connectivity index (χ1n) is 10.3. The second-order valence-electron chi connectivity index (χ2n) is 7.74. The fourth-order valence-electron chi connectivity index (χ4n) is 3.49.